The van der Waals surface area contributed by atoms with Gasteiger partial charge in [0, 0.05) is 16.9 Å². The molecule has 3 heteroatoms. The van der Waals surface area contributed by atoms with Crippen molar-refractivity contribution >= 4 is 11.8 Å². The van der Waals surface area contributed by atoms with Crippen LogP contribution in [0, 0.1) is 0 Å². The van der Waals surface area contributed by atoms with Gasteiger partial charge in [0.2, 0.25) is 0 Å². The molecular formula is C21H30N2S+2. The van der Waals surface area contributed by atoms with Crippen molar-refractivity contribution in [2.45, 2.75) is 24.3 Å². The number of quaternary nitrogens is 2. The van der Waals surface area contributed by atoms with Gasteiger partial charge in [-0.1, -0.05) is 42.5 Å². The first-order valence-electron chi connectivity index (χ1n) is 9.17. The van der Waals surface area contributed by atoms with Gasteiger partial charge < -0.3 is 9.80 Å². The predicted octanol–water partition coefficient (Wildman–Crippen LogP) is 1.32. The summed E-state index contributed by atoms with van der Waals surface area (Å²) in [6.07, 6.45) is 4.67. The fourth-order valence-electron chi connectivity index (χ4n) is 3.60. The van der Waals surface area contributed by atoms with Gasteiger partial charge in [0.1, 0.15) is 32.7 Å². The molecule has 0 amide bonds. The van der Waals surface area contributed by atoms with Crippen LogP contribution < -0.4 is 9.80 Å². The SMILES string of the molecule is CSc1ccc(C[NH+]2CC[NH+](CCCc3ccccc3)CC2)cc1. The average molecular weight is 343 g/mol. The Labute approximate surface area is 150 Å². The summed E-state index contributed by atoms with van der Waals surface area (Å²) in [6.45, 7) is 7.78. The Kier molecular flexibility index (Phi) is 6.76. The lowest BCUT2D eigenvalue weighted by Crippen LogP contribution is -3.27. The Bertz CT molecular complexity index is 589. The second kappa shape index (κ2) is 9.26. The van der Waals surface area contributed by atoms with E-state index in [1.54, 1.807) is 9.80 Å². The lowest BCUT2D eigenvalue weighted by Gasteiger charge is -2.29. The van der Waals surface area contributed by atoms with E-state index in [-0.39, 0.29) is 0 Å². The van der Waals surface area contributed by atoms with Gasteiger partial charge in [-0.05, 0) is 30.4 Å². The number of aryl methyl sites for hydroxylation is 1. The lowest BCUT2D eigenvalue weighted by atomic mass is 10.1. The van der Waals surface area contributed by atoms with Gasteiger partial charge in [-0.3, -0.25) is 0 Å². The normalized spacial score (nSPS) is 20.9. The van der Waals surface area contributed by atoms with Gasteiger partial charge in [0.05, 0.1) is 6.54 Å². The maximum absolute atomic E-state index is 2.30. The van der Waals surface area contributed by atoms with E-state index in [1.165, 1.54) is 68.1 Å². The van der Waals surface area contributed by atoms with Crippen molar-refractivity contribution in [3.8, 4) is 0 Å². The van der Waals surface area contributed by atoms with Gasteiger partial charge in [-0.25, -0.2) is 0 Å². The molecule has 1 aliphatic heterocycles. The molecule has 0 aliphatic carbocycles. The van der Waals surface area contributed by atoms with Crippen LogP contribution in [0.5, 0.6) is 0 Å². The van der Waals surface area contributed by atoms with Crippen LogP contribution in [0.25, 0.3) is 0 Å². The molecule has 0 saturated carbocycles. The molecule has 0 aromatic heterocycles. The first-order valence-corrected chi connectivity index (χ1v) is 10.4. The van der Waals surface area contributed by atoms with E-state index in [9.17, 15) is 0 Å². The largest absolute Gasteiger partial charge is 0.326 e. The van der Waals surface area contributed by atoms with Crippen LogP contribution in [0.1, 0.15) is 17.5 Å². The number of benzene rings is 2. The standard InChI is InChI=1S/C21H28N2S/c1-24-21-11-9-20(10-12-21)18-23-16-14-22(15-17-23)13-5-8-19-6-3-2-4-7-19/h2-4,6-7,9-12H,5,8,13-18H2,1H3/p+2. The second-order valence-corrected chi connectivity index (χ2v) is 7.74. The van der Waals surface area contributed by atoms with Crippen LogP contribution in [0.4, 0.5) is 0 Å². The highest BCUT2D eigenvalue weighted by Gasteiger charge is 2.22. The van der Waals surface area contributed by atoms with Gasteiger partial charge in [0.25, 0.3) is 0 Å². The van der Waals surface area contributed by atoms with Gasteiger partial charge in [0.15, 0.2) is 0 Å². The van der Waals surface area contributed by atoms with E-state index >= 15 is 0 Å². The first kappa shape index (κ1) is 17.5. The zero-order valence-corrected chi connectivity index (χ0v) is 15.6. The van der Waals surface area contributed by atoms with Crippen LogP contribution in [0.3, 0.4) is 0 Å². The van der Waals surface area contributed by atoms with Crippen LogP contribution in [0.2, 0.25) is 0 Å². The van der Waals surface area contributed by atoms with Crippen LogP contribution in [-0.4, -0.2) is 39.0 Å². The number of hydrogen-bond donors (Lipinski definition) is 2. The van der Waals surface area contributed by atoms with Crippen molar-refractivity contribution in [1.82, 2.24) is 0 Å². The summed E-state index contributed by atoms with van der Waals surface area (Å²) in [4.78, 5) is 4.91. The molecule has 128 valence electrons. The molecule has 0 radical (unpaired) electrons. The quantitative estimate of drug-likeness (QED) is 0.722. The van der Waals surface area contributed by atoms with Gasteiger partial charge in [-0.2, -0.15) is 0 Å². The average Bonchev–Trinajstić information content (AvgIpc) is 2.65. The number of piperazine rings is 1. The number of hydrogen-bond acceptors (Lipinski definition) is 1. The van der Waals surface area contributed by atoms with E-state index in [0.29, 0.717) is 0 Å². The molecule has 0 spiro atoms. The Morgan fingerprint density at radius 3 is 2.12 bits per heavy atom. The second-order valence-electron chi connectivity index (χ2n) is 6.86. The molecule has 1 aliphatic rings. The van der Waals surface area contributed by atoms with Crippen molar-refractivity contribution in [3.05, 3.63) is 65.7 Å². The van der Waals surface area contributed by atoms with Gasteiger partial charge in [-0.15, -0.1) is 11.8 Å². The van der Waals surface area contributed by atoms with E-state index < -0.39 is 0 Å². The maximum Gasteiger partial charge on any atom is 0.127 e. The molecule has 0 unspecified atom stereocenters. The summed E-state index contributed by atoms with van der Waals surface area (Å²) in [5.74, 6) is 0. The summed E-state index contributed by atoms with van der Waals surface area (Å²) in [5, 5.41) is 0. The molecule has 2 aromatic carbocycles. The molecule has 0 bridgehead atoms. The molecule has 2 nitrogen and oxygen atoms in total. The smallest absolute Gasteiger partial charge is 0.127 e. The topological polar surface area (TPSA) is 8.88 Å². The van der Waals surface area contributed by atoms with E-state index in [0.717, 1.165) is 0 Å². The lowest BCUT2D eigenvalue weighted by molar-refractivity contribution is -1.02. The highest BCUT2D eigenvalue weighted by atomic mass is 32.2. The highest BCUT2D eigenvalue weighted by molar-refractivity contribution is 7.98. The Hall–Kier alpha value is -1.29. The summed E-state index contributed by atoms with van der Waals surface area (Å²) in [6, 6.07) is 20.0. The van der Waals surface area contributed by atoms with Crippen LogP contribution in [-0.2, 0) is 13.0 Å². The molecule has 2 aromatic rings. The minimum atomic E-state index is 1.19. The number of thioether (sulfide) groups is 1. The van der Waals surface area contributed by atoms with Crippen molar-refractivity contribution in [1.29, 1.82) is 0 Å². The van der Waals surface area contributed by atoms with E-state index in [2.05, 4.69) is 60.9 Å². The van der Waals surface area contributed by atoms with Gasteiger partial charge >= 0.3 is 0 Å². The van der Waals surface area contributed by atoms with Crippen LogP contribution >= 0.6 is 11.8 Å². The zero-order valence-electron chi connectivity index (χ0n) is 14.8. The van der Waals surface area contributed by atoms with Crippen molar-refractivity contribution < 1.29 is 9.80 Å². The van der Waals surface area contributed by atoms with E-state index in [4.69, 9.17) is 0 Å². The van der Waals surface area contributed by atoms with E-state index in [1.807, 2.05) is 11.8 Å². The summed E-state index contributed by atoms with van der Waals surface area (Å²) >= 11 is 1.82. The minimum absolute atomic E-state index is 1.19. The third kappa shape index (κ3) is 5.37. The summed E-state index contributed by atoms with van der Waals surface area (Å²) < 4.78 is 0. The fourth-order valence-corrected chi connectivity index (χ4v) is 4.01. The molecule has 1 heterocycles. The molecule has 24 heavy (non-hydrogen) atoms. The number of nitrogens with one attached hydrogen (secondary N) is 2. The molecule has 1 saturated heterocycles. The van der Waals surface area contributed by atoms with Crippen molar-refractivity contribution in [2.75, 3.05) is 39.0 Å². The Morgan fingerprint density at radius 2 is 1.46 bits per heavy atom. The molecule has 0 atom stereocenters. The zero-order chi connectivity index (χ0) is 16.6. The first-order chi connectivity index (χ1) is 11.8. The number of rotatable bonds is 7. The molecule has 1 fully saturated rings. The fraction of sp³-hybridized carbons (Fsp3) is 0.429. The highest BCUT2D eigenvalue weighted by Crippen LogP contribution is 2.14. The summed E-state index contributed by atoms with van der Waals surface area (Å²) in [5.41, 5.74) is 2.96. The third-order valence-corrected chi connectivity index (χ3v) is 5.86. The monoisotopic (exact) mass is 342 g/mol. The Morgan fingerprint density at radius 1 is 0.792 bits per heavy atom. The Balaban J connectivity index is 1.36. The summed E-state index contributed by atoms with van der Waals surface area (Å²) in [7, 11) is 0. The minimum Gasteiger partial charge on any atom is -0.326 e. The van der Waals surface area contributed by atoms with Crippen LogP contribution in [0.15, 0.2) is 59.5 Å². The predicted molar refractivity (Wildman–Crippen MR) is 103 cm³/mol. The molecule has 3 rings (SSSR count). The van der Waals surface area contributed by atoms with Crippen molar-refractivity contribution in [2.24, 2.45) is 0 Å². The third-order valence-electron chi connectivity index (χ3n) is 5.12. The molecular weight excluding hydrogens is 312 g/mol. The van der Waals surface area contributed by atoms with Crippen molar-refractivity contribution in [3.63, 3.8) is 0 Å². The molecule has 2 N–H and O–H groups in total. The maximum atomic E-state index is 2.30.